The molecule has 0 spiro atoms. The molecule has 9 heteroatoms. The Labute approximate surface area is 182 Å². The number of carbonyl (C=O) groups excluding carboxylic acids is 1. The molecular weight excluding hydrogens is 429 g/mol. The van der Waals surface area contributed by atoms with E-state index in [4.69, 9.17) is 0 Å². The van der Waals surface area contributed by atoms with Crippen LogP contribution in [0.25, 0.3) is 11.3 Å². The summed E-state index contributed by atoms with van der Waals surface area (Å²) in [6.07, 6.45) is -3.38. The smallest absolute Gasteiger partial charge is 0.330 e. The van der Waals surface area contributed by atoms with Crippen molar-refractivity contribution in [1.29, 1.82) is 0 Å². The molecule has 1 aromatic heterocycles. The normalized spacial score (nSPS) is 23.5. The largest absolute Gasteiger partial charge is 0.408 e. The van der Waals surface area contributed by atoms with Crippen molar-refractivity contribution in [1.82, 2.24) is 15.1 Å². The average Bonchev–Trinajstić information content (AvgIpc) is 3.22. The molecule has 2 unspecified atom stereocenters. The molecule has 0 saturated carbocycles. The van der Waals surface area contributed by atoms with Gasteiger partial charge >= 0.3 is 6.18 Å². The van der Waals surface area contributed by atoms with Gasteiger partial charge in [-0.05, 0) is 61.3 Å². The number of rotatable bonds is 3. The molecule has 1 fully saturated rings. The number of halogens is 5. The number of hydrogen-bond donors (Lipinski definition) is 0. The Hall–Kier alpha value is -2.58. The van der Waals surface area contributed by atoms with Crippen LogP contribution in [0.4, 0.5) is 22.0 Å². The quantitative estimate of drug-likeness (QED) is 0.569. The van der Waals surface area contributed by atoms with E-state index in [2.05, 4.69) is 10.2 Å². The van der Waals surface area contributed by atoms with Gasteiger partial charge in [0, 0.05) is 6.54 Å². The summed E-state index contributed by atoms with van der Waals surface area (Å²) in [6.45, 7) is 4.02. The molecule has 4 nitrogen and oxygen atoms in total. The van der Waals surface area contributed by atoms with Gasteiger partial charge < -0.3 is 4.90 Å². The topological polar surface area (TPSA) is 46.1 Å². The van der Waals surface area contributed by atoms with Crippen molar-refractivity contribution in [3.63, 3.8) is 0 Å². The van der Waals surface area contributed by atoms with E-state index in [-0.39, 0.29) is 36.1 Å². The average molecular weight is 453 g/mol. The Bertz CT molecular complexity index is 1000. The fourth-order valence-corrected chi connectivity index (χ4v) is 4.99. The van der Waals surface area contributed by atoms with Crippen molar-refractivity contribution in [3.8, 4) is 11.3 Å². The van der Waals surface area contributed by atoms with E-state index in [9.17, 15) is 26.7 Å². The summed E-state index contributed by atoms with van der Waals surface area (Å²) in [7, 11) is 0. The van der Waals surface area contributed by atoms with Crippen LogP contribution < -0.4 is 0 Å². The second-order valence-corrected chi connectivity index (χ2v) is 8.88. The number of alkyl halides is 3. The van der Waals surface area contributed by atoms with Crippen molar-refractivity contribution in [2.24, 2.45) is 5.92 Å². The molecule has 1 amide bonds. The Morgan fingerprint density at radius 1 is 1.09 bits per heavy atom. The van der Waals surface area contributed by atoms with E-state index in [1.54, 1.807) is 6.07 Å². The Balaban J connectivity index is 1.75. The Kier molecular flexibility index (Phi) is 5.94. The minimum absolute atomic E-state index is 0.00689. The van der Waals surface area contributed by atoms with Crippen LogP contribution in [-0.4, -0.2) is 39.8 Å². The summed E-state index contributed by atoms with van der Waals surface area (Å²) in [5, 5.41) is 8.14. The number of likely N-dealkylation sites (tertiary alicyclic amines) is 1. The number of carbonyl (C=O) groups is 1. The van der Waals surface area contributed by atoms with Crippen molar-refractivity contribution >= 4 is 5.91 Å². The van der Waals surface area contributed by atoms with Crippen LogP contribution >= 0.6 is 0 Å². The summed E-state index contributed by atoms with van der Waals surface area (Å²) in [5.74, 6) is -2.93. The highest BCUT2D eigenvalue weighted by molar-refractivity contribution is 5.85. The number of nitrogens with zero attached hydrogens (tertiary/aromatic N) is 3. The molecule has 3 atom stereocenters. The third-order valence-electron chi connectivity index (χ3n) is 6.58. The number of benzene rings is 1. The summed E-state index contributed by atoms with van der Waals surface area (Å²) < 4.78 is 68.9. The molecule has 1 aliphatic heterocycles. The van der Waals surface area contributed by atoms with Gasteiger partial charge in [-0.25, -0.2) is 8.78 Å². The molecule has 0 radical (unpaired) electrons. The lowest BCUT2D eigenvalue weighted by atomic mass is 9.74. The fourth-order valence-electron chi connectivity index (χ4n) is 4.99. The Morgan fingerprint density at radius 2 is 1.78 bits per heavy atom. The molecule has 1 saturated heterocycles. The number of fused-ring (bicyclic) bond motifs is 1. The third kappa shape index (κ3) is 3.97. The van der Waals surface area contributed by atoms with Crippen LogP contribution in [0.15, 0.2) is 24.3 Å². The van der Waals surface area contributed by atoms with E-state index >= 15 is 0 Å². The van der Waals surface area contributed by atoms with Crippen molar-refractivity contribution in [2.75, 3.05) is 6.54 Å². The summed E-state index contributed by atoms with van der Waals surface area (Å²) in [5.41, 5.74) is 0.635. The summed E-state index contributed by atoms with van der Waals surface area (Å²) in [4.78, 5) is 14.1. The minimum Gasteiger partial charge on any atom is -0.330 e. The fraction of sp³-hybridized carbons (Fsp3) is 0.522. The third-order valence-corrected chi connectivity index (χ3v) is 6.58. The molecule has 32 heavy (non-hydrogen) atoms. The maximum atomic E-state index is 14.3. The van der Waals surface area contributed by atoms with Crippen LogP contribution in [0, 0.1) is 17.6 Å². The summed E-state index contributed by atoms with van der Waals surface area (Å²) >= 11 is 0. The van der Waals surface area contributed by atoms with Gasteiger partial charge in [0.15, 0.2) is 0 Å². The van der Waals surface area contributed by atoms with Gasteiger partial charge in [0.2, 0.25) is 5.91 Å². The summed E-state index contributed by atoms with van der Waals surface area (Å²) in [6, 6.07) is 3.24. The van der Waals surface area contributed by atoms with Gasteiger partial charge in [0.05, 0.1) is 22.9 Å². The van der Waals surface area contributed by atoms with Crippen LogP contribution in [0.5, 0.6) is 0 Å². The molecule has 0 N–H and O–H groups in total. The Morgan fingerprint density at radius 3 is 2.41 bits per heavy atom. The van der Waals surface area contributed by atoms with E-state index in [0.29, 0.717) is 30.5 Å². The predicted octanol–water partition coefficient (Wildman–Crippen LogP) is 5.59. The number of hydrogen-bond acceptors (Lipinski definition) is 3. The molecule has 4 rings (SSSR count). The maximum absolute atomic E-state index is 14.3. The zero-order valence-corrected chi connectivity index (χ0v) is 17.8. The maximum Gasteiger partial charge on any atom is 0.408 e. The van der Waals surface area contributed by atoms with Crippen LogP contribution in [0.2, 0.25) is 0 Å². The zero-order chi connectivity index (χ0) is 23.2. The van der Waals surface area contributed by atoms with Gasteiger partial charge in [0.25, 0.3) is 0 Å². The van der Waals surface area contributed by atoms with Gasteiger partial charge in [-0.15, -0.1) is 5.10 Å². The van der Waals surface area contributed by atoms with Gasteiger partial charge in [-0.3, -0.25) is 4.79 Å². The molecule has 172 valence electrons. The zero-order valence-electron chi connectivity index (χ0n) is 17.8. The highest BCUT2D eigenvalue weighted by Crippen LogP contribution is 2.44. The van der Waals surface area contributed by atoms with Crippen molar-refractivity contribution in [3.05, 3.63) is 47.2 Å². The first kappa shape index (κ1) is 22.6. The molecular formula is C23H24F5N3O. The van der Waals surface area contributed by atoms with Crippen LogP contribution in [-0.2, 0) is 4.79 Å². The lowest BCUT2D eigenvalue weighted by Crippen LogP contribution is -2.47. The molecule has 2 aromatic rings. The van der Waals surface area contributed by atoms with Gasteiger partial charge in [-0.2, -0.15) is 18.3 Å². The van der Waals surface area contributed by atoms with Gasteiger partial charge in [-0.1, -0.05) is 19.9 Å². The minimum atomic E-state index is -4.48. The van der Waals surface area contributed by atoms with E-state index < -0.39 is 35.7 Å². The predicted molar refractivity (Wildman–Crippen MR) is 108 cm³/mol. The first-order valence-corrected chi connectivity index (χ1v) is 10.8. The van der Waals surface area contributed by atoms with Crippen LogP contribution in [0.3, 0.4) is 0 Å². The number of aromatic nitrogens is 2. The first-order valence-electron chi connectivity index (χ1n) is 10.8. The first-order chi connectivity index (χ1) is 15.1. The lowest BCUT2D eigenvalue weighted by Gasteiger charge is -2.35. The van der Waals surface area contributed by atoms with E-state index in [1.165, 1.54) is 6.07 Å². The lowest BCUT2D eigenvalue weighted by molar-refractivity contribution is -0.183. The molecule has 2 heterocycles. The van der Waals surface area contributed by atoms with E-state index in [1.807, 2.05) is 13.8 Å². The second kappa shape index (κ2) is 8.41. The SMILES string of the molecule is CC(C)[C@@H]1CCC(C(=O)N2CCCC2C(F)(F)F)c2nnc(-c3c(F)cccc3F)cc21. The second-order valence-electron chi connectivity index (χ2n) is 8.88. The molecule has 1 aliphatic carbocycles. The number of amides is 1. The molecule has 2 aliphatic rings. The van der Waals surface area contributed by atoms with E-state index in [0.717, 1.165) is 17.0 Å². The monoisotopic (exact) mass is 453 g/mol. The standard InChI is InChI=1S/C23H24F5N3O/c1-12(2)13-8-9-14(22(32)31-10-4-7-19(31)23(26,27)28)21-15(13)11-18(29-30-21)20-16(24)5-3-6-17(20)25/h3,5-6,11-14,19H,4,7-10H2,1-2H3/t13-,14?,19?/m0/s1. The highest BCUT2D eigenvalue weighted by atomic mass is 19.4. The van der Waals surface area contributed by atoms with Crippen molar-refractivity contribution < 1.29 is 26.7 Å². The molecule has 1 aromatic carbocycles. The van der Waals surface area contributed by atoms with Gasteiger partial charge in [0.1, 0.15) is 17.7 Å². The van der Waals surface area contributed by atoms with Crippen LogP contribution in [0.1, 0.15) is 62.6 Å². The molecule has 0 bridgehead atoms. The van der Waals surface area contributed by atoms with Crippen molar-refractivity contribution in [2.45, 2.75) is 63.6 Å². The highest BCUT2D eigenvalue weighted by Gasteiger charge is 2.49.